The molecular formula is C21H17N3OS. The van der Waals surface area contributed by atoms with Gasteiger partial charge in [-0.3, -0.25) is 4.79 Å². The Balaban J connectivity index is 1.48. The van der Waals surface area contributed by atoms with Crippen LogP contribution in [0.1, 0.15) is 5.82 Å². The molecule has 1 heterocycles. The molecule has 4 nitrogen and oxygen atoms in total. The smallest absolute Gasteiger partial charge is 0.234 e. The summed E-state index contributed by atoms with van der Waals surface area (Å²) in [6.07, 6.45) is 0. The maximum absolute atomic E-state index is 12.4. The van der Waals surface area contributed by atoms with Crippen molar-refractivity contribution < 1.29 is 4.79 Å². The van der Waals surface area contributed by atoms with Crippen LogP contribution in [0.2, 0.25) is 0 Å². The van der Waals surface area contributed by atoms with E-state index in [0.29, 0.717) is 11.6 Å². The molecule has 0 bridgehead atoms. The van der Waals surface area contributed by atoms with Gasteiger partial charge in [-0.05, 0) is 35.9 Å². The van der Waals surface area contributed by atoms with Gasteiger partial charge in [0.25, 0.3) is 0 Å². The molecule has 5 heteroatoms. The van der Waals surface area contributed by atoms with E-state index in [2.05, 4.69) is 21.4 Å². The lowest BCUT2D eigenvalue weighted by Crippen LogP contribution is -2.14. The Hall–Kier alpha value is -2.92. The van der Waals surface area contributed by atoms with Crippen molar-refractivity contribution in [2.75, 3.05) is 11.1 Å². The molecule has 0 saturated heterocycles. The van der Waals surface area contributed by atoms with Crippen molar-refractivity contribution in [3.8, 4) is 0 Å². The lowest BCUT2D eigenvalue weighted by molar-refractivity contribution is -0.113. The quantitative estimate of drug-likeness (QED) is 0.419. The summed E-state index contributed by atoms with van der Waals surface area (Å²) in [6, 6.07) is 21.9. The molecule has 1 amide bonds. The summed E-state index contributed by atoms with van der Waals surface area (Å²) in [5, 5.41) is 7.03. The molecule has 0 aliphatic rings. The monoisotopic (exact) mass is 359 g/mol. The number of para-hydroxylation sites is 1. The van der Waals surface area contributed by atoms with E-state index in [0.717, 1.165) is 32.4 Å². The minimum Gasteiger partial charge on any atom is -0.325 e. The third kappa shape index (κ3) is 3.53. The number of carbonyl (C=O) groups excluding carboxylic acids is 1. The average Bonchev–Trinajstić information content (AvgIpc) is 2.66. The second-order valence-electron chi connectivity index (χ2n) is 5.99. The SMILES string of the molecule is Cc1nc(SCC(=O)Nc2ccc3ccccc3c2)c2ccccc2n1. The molecule has 3 aromatic carbocycles. The number of nitrogens with zero attached hydrogens (tertiary/aromatic N) is 2. The van der Waals surface area contributed by atoms with E-state index < -0.39 is 0 Å². The first kappa shape index (κ1) is 16.5. The fourth-order valence-electron chi connectivity index (χ4n) is 2.87. The molecule has 0 unspecified atom stereocenters. The summed E-state index contributed by atoms with van der Waals surface area (Å²) >= 11 is 1.43. The van der Waals surface area contributed by atoms with Crippen molar-refractivity contribution in [3.63, 3.8) is 0 Å². The second-order valence-corrected chi connectivity index (χ2v) is 6.96. The zero-order valence-corrected chi connectivity index (χ0v) is 15.1. The molecule has 1 N–H and O–H groups in total. The standard InChI is InChI=1S/C21H17N3OS/c1-14-22-19-9-5-4-8-18(19)21(23-14)26-13-20(25)24-17-11-10-15-6-2-3-7-16(15)12-17/h2-12H,13H2,1H3,(H,24,25). The highest BCUT2D eigenvalue weighted by atomic mass is 32.2. The van der Waals surface area contributed by atoms with Gasteiger partial charge >= 0.3 is 0 Å². The molecule has 0 spiro atoms. The summed E-state index contributed by atoms with van der Waals surface area (Å²) in [7, 11) is 0. The van der Waals surface area contributed by atoms with Gasteiger partial charge in [0.05, 0.1) is 11.3 Å². The molecule has 1 aromatic heterocycles. The van der Waals surface area contributed by atoms with Gasteiger partial charge < -0.3 is 5.32 Å². The number of thioether (sulfide) groups is 1. The van der Waals surface area contributed by atoms with Crippen LogP contribution in [0.3, 0.4) is 0 Å². The van der Waals surface area contributed by atoms with E-state index in [1.807, 2.05) is 67.6 Å². The van der Waals surface area contributed by atoms with Crippen LogP contribution in [0.4, 0.5) is 5.69 Å². The van der Waals surface area contributed by atoms with E-state index >= 15 is 0 Å². The number of benzene rings is 3. The zero-order chi connectivity index (χ0) is 17.9. The van der Waals surface area contributed by atoms with E-state index in [1.165, 1.54) is 11.8 Å². The van der Waals surface area contributed by atoms with Crippen LogP contribution in [-0.4, -0.2) is 21.6 Å². The summed E-state index contributed by atoms with van der Waals surface area (Å²) in [5.74, 6) is 0.958. The van der Waals surface area contributed by atoms with Crippen LogP contribution in [0.5, 0.6) is 0 Å². The number of hydrogen-bond acceptors (Lipinski definition) is 4. The van der Waals surface area contributed by atoms with Gasteiger partial charge in [-0.2, -0.15) is 0 Å². The third-order valence-electron chi connectivity index (χ3n) is 4.05. The van der Waals surface area contributed by atoms with Crippen LogP contribution >= 0.6 is 11.8 Å². The predicted octanol–water partition coefficient (Wildman–Crippen LogP) is 4.82. The van der Waals surface area contributed by atoms with Crippen LogP contribution in [0, 0.1) is 6.92 Å². The third-order valence-corrected chi connectivity index (χ3v) is 5.04. The Kier molecular flexibility index (Phi) is 4.54. The summed E-state index contributed by atoms with van der Waals surface area (Å²) in [5.41, 5.74) is 1.70. The highest BCUT2D eigenvalue weighted by Crippen LogP contribution is 2.25. The second kappa shape index (κ2) is 7.14. The first-order valence-corrected chi connectivity index (χ1v) is 9.32. The van der Waals surface area contributed by atoms with E-state index in [9.17, 15) is 4.79 Å². The lowest BCUT2D eigenvalue weighted by Gasteiger charge is -2.08. The summed E-state index contributed by atoms with van der Waals surface area (Å²) < 4.78 is 0. The Morgan fingerprint density at radius 2 is 1.73 bits per heavy atom. The fourth-order valence-corrected chi connectivity index (χ4v) is 3.73. The fraction of sp³-hybridized carbons (Fsp3) is 0.0952. The molecule has 128 valence electrons. The number of aryl methyl sites for hydroxylation is 1. The topological polar surface area (TPSA) is 54.9 Å². The van der Waals surface area contributed by atoms with Crippen molar-refractivity contribution in [3.05, 3.63) is 72.6 Å². The van der Waals surface area contributed by atoms with E-state index in [-0.39, 0.29) is 5.91 Å². The zero-order valence-electron chi connectivity index (χ0n) is 14.3. The van der Waals surface area contributed by atoms with Crippen molar-refractivity contribution in [2.45, 2.75) is 11.9 Å². The minimum absolute atomic E-state index is 0.0503. The molecule has 4 rings (SSSR count). The highest BCUT2D eigenvalue weighted by Gasteiger charge is 2.09. The number of anilines is 1. The van der Waals surface area contributed by atoms with Crippen LogP contribution in [0.15, 0.2) is 71.8 Å². The van der Waals surface area contributed by atoms with E-state index in [4.69, 9.17) is 0 Å². The molecule has 0 radical (unpaired) electrons. The van der Waals surface area contributed by atoms with Crippen molar-refractivity contribution >= 4 is 45.0 Å². The number of aromatic nitrogens is 2. The number of nitrogens with one attached hydrogen (secondary N) is 1. The highest BCUT2D eigenvalue weighted by molar-refractivity contribution is 8.00. The summed E-state index contributed by atoms with van der Waals surface area (Å²) in [6.45, 7) is 1.87. The average molecular weight is 359 g/mol. The van der Waals surface area contributed by atoms with Crippen molar-refractivity contribution in [1.29, 1.82) is 0 Å². The first-order valence-electron chi connectivity index (χ1n) is 8.34. The molecular weight excluding hydrogens is 342 g/mol. The van der Waals surface area contributed by atoms with Gasteiger partial charge in [0, 0.05) is 11.1 Å². The number of rotatable bonds is 4. The molecule has 26 heavy (non-hydrogen) atoms. The Morgan fingerprint density at radius 1 is 0.962 bits per heavy atom. The van der Waals surface area contributed by atoms with Crippen molar-refractivity contribution in [2.24, 2.45) is 0 Å². The summed E-state index contributed by atoms with van der Waals surface area (Å²) in [4.78, 5) is 21.3. The Morgan fingerprint density at radius 3 is 2.62 bits per heavy atom. The number of amides is 1. The number of hydrogen-bond donors (Lipinski definition) is 1. The maximum Gasteiger partial charge on any atom is 0.234 e. The molecule has 0 fully saturated rings. The molecule has 4 aromatic rings. The van der Waals surface area contributed by atoms with Crippen LogP contribution < -0.4 is 5.32 Å². The first-order chi connectivity index (χ1) is 12.7. The molecule has 0 aliphatic carbocycles. The largest absolute Gasteiger partial charge is 0.325 e. The Bertz CT molecular complexity index is 1110. The van der Waals surface area contributed by atoms with Gasteiger partial charge in [0.1, 0.15) is 10.9 Å². The Labute approximate surface area is 155 Å². The predicted molar refractivity (Wildman–Crippen MR) is 108 cm³/mol. The van der Waals surface area contributed by atoms with Gasteiger partial charge in [-0.15, -0.1) is 0 Å². The molecule has 0 atom stereocenters. The van der Waals surface area contributed by atoms with Crippen LogP contribution in [-0.2, 0) is 4.79 Å². The number of carbonyl (C=O) groups is 1. The molecule has 0 saturated carbocycles. The minimum atomic E-state index is -0.0503. The van der Waals surface area contributed by atoms with Gasteiger partial charge in [0.2, 0.25) is 5.91 Å². The van der Waals surface area contributed by atoms with Crippen LogP contribution in [0.25, 0.3) is 21.7 Å². The number of fused-ring (bicyclic) bond motifs is 2. The van der Waals surface area contributed by atoms with Gasteiger partial charge in [0.15, 0.2) is 0 Å². The maximum atomic E-state index is 12.4. The van der Waals surface area contributed by atoms with E-state index in [1.54, 1.807) is 0 Å². The normalized spacial score (nSPS) is 11.0. The van der Waals surface area contributed by atoms with Gasteiger partial charge in [-0.25, -0.2) is 9.97 Å². The van der Waals surface area contributed by atoms with Gasteiger partial charge in [-0.1, -0.05) is 60.3 Å². The molecule has 0 aliphatic heterocycles. The van der Waals surface area contributed by atoms with Crippen molar-refractivity contribution in [1.82, 2.24) is 9.97 Å². The lowest BCUT2D eigenvalue weighted by atomic mass is 10.1.